The molecule has 0 bridgehead atoms. The molecule has 0 radical (unpaired) electrons. The molecule has 4 rings (SSSR count). The summed E-state index contributed by atoms with van der Waals surface area (Å²) in [5.41, 5.74) is 0.0881. The lowest BCUT2D eigenvalue weighted by Crippen LogP contribution is -2.38. The summed E-state index contributed by atoms with van der Waals surface area (Å²) in [7, 11) is 0. The van der Waals surface area contributed by atoms with Gasteiger partial charge in [-0.15, -0.1) is 4.31 Å². The van der Waals surface area contributed by atoms with Gasteiger partial charge in [-0.05, 0) is 37.8 Å². The zero-order valence-corrected chi connectivity index (χ0v) is 18.2. The summed E-state index contributed by atoms with van der Waals surface area (Å²) in [5.74, 6) is 1.65. The van der Waals surface area contributed by atoms with Gasteiger partial charge in [0.25, 0.3) is 0 Å². The van der Waals surface area contributed by atoms with Crippen LogP contribution >= 0.6 is 0 Å². The van der Waals surface area contributed by atoms with E-state index in [1.807, 2.05) is 4.31 Å². The SMILES string of the molecule is C[S+]([O-])N1CCCC(c2cc(Nc3cc(C(F)(F)F)ccn3)nc(C3CCCC3)n2)C1. The molecule has 31 heavy (non-hydrogen) atoms. The van der Waals surface area contributed by atoms with Gasteiger partial charge < -0.3 is 9.87 Å². The van der Waals surface area contributed by atoms with Crippen LogP contribution in [-0.4, -0.2) is 43.2 Å². The maximum Gasteiger partial charge on any atom is 0.416 e. The molecule has 0 aromatic carbocycles. The van der Waals surface area contributed by atoms with E-state index in [1.165, 1.54) is 0 Å². The lowest BCUT2D eigenvalue weighted by Gasteiger charge is -2.31. The molecule has 2 unspecified atom stereocenters. The van der Waals surface area contributed by atoms with E-state index >= 15 is 0 Å². The molecule has 2 aromatic heterocycles. The Labute approximate surface area is 183 Å². The molecule has 1 N–H and O–H groups in total. The Bertz CT molecular complexity index is 905. The summed E-state index contributed by atoms with van der Waals surface area (Å²) in [4.78, 5) is 13.5. The molecule has 1 aliphatic heterocycles. The normalized spacial score (nSPS) is 21.9. The van der Waals surface area contributed by atoms with E-state index in [-0.39, 0.29) is 17.7 Å². The molecular weight excluding hydrogens is 427 g/mol. The molecule has 168 valence electrons. The van der Waals surface area contributed by atoms with Crippen molar-refractivity contribution in [2.75, 3.05) is 24.7 Å². The summed E-state index contributed by atoms with van der Waals surface area (Å²) < 4.78 is 53.1. The molecule has 2 aliphatic rings. The van der Waals surface area contributed by atoms with E-state index in [4.69, 9.17) is 4.98 Å². The van der Waals surface area contributed by atoms with Crippen LogP contribution in [0.15, 0.2) is 24.4 Å². The van der Waals surface area contributed by atoms with Crippen LogP contribution in [0.3, 0.4) is 0 Å². The van der Waals surface area contributed by atoms with Crippen LogP contribution in [-0.2, 0) is 17.5 Å². The fourth-order valence-corrected chi connectivity index (χ4v) is 5.12. The number of rotatable bonds is 5. The molecule has 6 nitrogen and oxygen atoms in total. The highest BCUT2D eigenvalue weighted by Gasteiger charge is 2.31. The second kappa shape index (κ2) is 9.30. The van der Waals surface area contributed by atoms with Gasteiger partial charge in [-0.2, -0.15) is 13.2 Å². The molecule has 0 spiro atoms. The number of aromatic nitrogens is 3. The van der Waals surface area contributed by atoms with E-state index in [0.717, 1.165) is 74.9 Å². The molecule has 2 fully saturated rings. The van der Waals surface area contributed by atoms with Crippen LogP contribution in [0.25, 0.3) is 0 Å². The topological polar surface area (TPSA) is 77.0 Å². The van der Waals surface area contributed by atoms with Crippen molar-refractivity contribution in [1.82, 2.24) is 19.3 Å². The molecule has 0 amide bonds. The van der Waals surface area contributed by atoms with Crippen LogP contribution in [0.1, 0.15) is 67.4 Å². The molecule has 1 saturated carbocycles. The molecule has 10 heteroatoms. The number of hydrogen-bond acceptors (Lipinski definition) is 6. The number of anilines is 2. The highest BCUT2D eigenvalue weighted by molar-refractivity contribution is 7.88. The van der Waals surface area contributed by atoms with Gasteiger partial charge >= 0.3 is 6.18 Å². The lowest BCUT2D eigenvalue weighted by molar-refractivity contribution is -0.137. The third-order valence-corrected chi connectivity index (χ3v) is 7.05. The zero-order valence-electron chi connectivity index (χ0n) is 17.4. The maximum atomic E-state index is 13.1. The first-order chi connectivity index (χ1) is 14.8. The number of hydrogen-bond donors (Lipinski definition) is 1. The average Bonchev–Trinajstić information content (AvgIpc) is 3.28. The van der Waals surface area contributed by atoms with Crippen molar-refractivity contribution in [2.45, 2.75) is 56.5 Å². The van der Waals surface area contributed by atoms with Gasteiger partial charge in [0.15, 0.2) is 0 Å². The van der Waals surface area contributed by atoms with E-state index in [0.29, 0.717) is 12.4 Å². The fourth-order valence-electron chi connectivity index (χ4n) is 4.35. The van der Waals surface area contributed by atoms with Crippen molar-refractivity contribution in [2.24, 2.45) is 0 Å². The quantitative estimate of drug-likeness (QED) is 0.658. The minimum Gasteiger partial charge on any atom is -0.598 e. The van der Waals surface area contributed by atoms with Crippen molar-refractivity contribution in [3.63, 3.8) is 0 Å². The third kappa shape index (κ3) is 5.48. The Balaban J connectivity index is 1.64. The number of pyridine rings is 1. The number of alkyl halides is 3. The summed E-state index contributed by atoms with van der Waals surface area (Å²) in [6, 6.07) is 3.73. The van der Waals surface area contributed by atoms with Crippen molar-refractivity contribution in [3.05, 3.63) is 41.5 Å². The van der Waals surface area contributed by atoms with E-state index < -0.39 is 23.1 Å². The first kappa shape index (κ1) is 22.3. The predicted octanol–water partition coefficient (Wildman–Crippen LogP) is 4.76. The molecule has 1 aliphatic carbocycles. The van der Waals surface area contributed by atoms with Gasteiger partial charge in [-0.3, -0.25) is 0 Å². The first-order valence-corrected chi connectivity index (χ1v) is 12.1. The minimum atomic E-state index is -4.44. The van der Waals surface area contributed by atoms with Gasteiger partial charge in [0, 0.05) is 42.0 Å². The van der Waals surface area contributed by atoms with Crippen molar-refractivity contribution < 1.29 is 17.7 Å². The Morgan fingerprint density at radius 2 is 1.81 bits per heavy atom. The highest BCUT2D eigenvalue weighted by atomic mass is 32.2. The van der Waals surface area contributed by atoms with Crippen LogP contribution in [0.2, 0.25) is 0 Å². The van der Waals surface area contributed by atoms with Gasteiger partial charge in [-0.1, -0.05) is 12.8 Å². The maximum absolute atomic E-state index is 13.1. The molecule has 3 heterocycles. The van der Waals surface area contributed by atoms with Gasteiger partial charge in [0.1, 0.15) is 23.7 Å². The summed E-state index contributed by atoms with van der Waals surface area (Å²) in [6.45, 7) is 1.44. The third-order valence-electron chi connectivity index (χ3n) is 5.99. The summed E-state index contributed by atoms with van der Waals surface area (Å²) >= 11 is -1.04. The minimum absolute atomic E-state index is 0.0942. The Kier molecular flexibility index (Phi) is 6.68. The summed E-state index contributed by atoms with van der Waals surface area (Å²) in [5, 5.41) is 2.96. The number of piperidine rings is 1. The fraction of sp³-hybridized carbons (Fsp3) is 0.571. The second-order valence-electron chi connectivity index (χ2n) is 8.22. The Morgan fingerprint density at radius 3 is 2.52 bits per heavy atom. The standard InChI is InChI=1S/C21H26F3N5OS/c1-31(30)29-10-4-7-15(13-29)17-12-19(28-20(26-17)14-5-2-3-6-14)27-18-11-16(8-9-25-18)21(22,23)24/h8-9,11-12,14-15H,2-7,10,13H2,1H3,(H,25,26,27,28). The summed E-state index contributed by atoms with van der Waals surface area (Å²) in [6.07, 6.45) is 4.51. The van der Waals surface area contributed by atoms with Crippen LogP contribution in [0, 0.1) is 0 Å². The monoisotopic (exact) mass is 453 g/mol. The van der Waals surface area contributed by atoms with E-state index in [1.54, 1.807) is 12.3 Å². The zero-order chi connectivity index (χ0) is 22.0. The second-order valence-corrected chi connectivity index (χ2v) is 9.59. The number of nitrogens with zero attached hydrogens (tertiary/aromatic N) is 4. The van der Waals surface area contributed by atoms with Crippen molar-refractivity contribution >= 4 is 23.0 Å². The largest absolute Gasteiger partial charge is 0.598 e. The van der Waals surface area contributed by atoms with E-state index in [2.05, 4.69) is 15.3 Å². The van der Waals surface area contributed by atoms with Gasteiger partial charge in [-0.25, -0.2) is 15.0 Å². The smallest absolute Gasteiger partial charge is 0.416 e. The lowest BCUT2D eigenvalue weighted by atomic mass is 9.95. The predicted molar refractivity (Wildman–Crippen MR) is 113 cm³/mol. The van der Waals surface area contributed by atoms with Crippen LogP contribution in [0.4, 0.5) is 24.8 Å². The van der Waals surface area contributed by atoms with Gasteiger partial charge in [0.05, 0.1) is 17.8 Å². The molecular formula is C21H26F3N5OS. The van der Waals surface area contributed by atoms with Crippen molar-refractivity contribution in [1.29, 1.82) is 0 Å². The highest BCUT2D eigenvalue weighted by Crippen LogP contribution is 2.36. The Hall–Kier alpha value is -1.91. The van der Waals surface area contributed by atoms with Crippen molar-refractivity contribution in [3.8, 4) is 0 Å². The van der Waals surface area contributed by atoms with Crippen LogP contribution in [0.5, 0.6) is 0 Å². The van der Waals surface area contributed by atoms with Gasteiger partial charge in [0.2, 0.25) is 0 Å². The number of halogens is 3. The van der Waals surface area contributed by atoms with Crippen LogP contribution < -0.4 is 5.32 Å². The average molecular weight is 454 g/mol. The molecule has 2 aromatic rings. The Morgan fingerprint density at radius 1 is 1.06 bits per heavy atom. The molecule has 1 saturated heterocycles. The van der Waals surface area contributed by atoms with E-state index in [9.17, 15) is 17.7 Å². The first-order valence-electron chi connectivity index (χ1n) is 10.6. The number of nitrogens with one attached hydrogen (secondary N) is 1. The molecule has 2 atom stereocenters.